The first kappa shape index (κ1) is 13.1. The molecule has 3 heteroatoms. The van der Waals surface area contributed by atoms with Crippen molar-refractivity contribution in [2.75, 3.05) is 6.61 Å². The molecule has 1 unspecified atom stereocenters. The Morgan fingerprint density at radius 1 is 1.33 bits per heavy atom. The molecular formula is C15H21NO2. The average Bonchev–Trinajstić information content (AvgIpc) is 2.80. The van der Waals surface area contributed by atoms with Crippen molar-refractivity contribution in [2.45, 2.75) is 46.3 Å². The Balaban J connectivity index is 1.99. The van der Waals surface area contributed by atoms with Crippen LogP contribution in [0, 0.1) is 20.8 Å². The zero-order valence-electron chi connectivity index (χ0n) is 11.4. The first-order valence-electron chi connectivity index (χ1n) is 6.54. The zero-order chi connectivity index (χ0) is 13.1. The van der Waals surface area contributed by atoms with E-state index in [4.69, 9.17) is 4.74 Å². The number of rotatable bonds is 3. The van der Waals surface area contributed by atoms with E-state index in [1.807, 2.05) is 0 Å². The molecule has 98 valence electrons. The van der Waals surface area contributed by atoms with E-state index in [9.17, 15) is 4.79 Å². The molecule has 0 aromatic heterocycles. The molecule has 1 aromatic carbocycles. The number of hydrogen-bond acceptors (Lipinski definition) is 2. The minimum Gasteiger partial charge on any atom is -0.368 e. The lowest BCUT2D eigenvalue weighted by molar-refractivity contribution is -0.130. The van der Waals surface area contributed by atoms with Gasteiger partial charge in [0.1, 0.15) is 6.10 Å². The maximum Gasteiger partial charge on any atom is 0.249 e. The van der Waals surface area contributed by atoms with Crippen LogP contribution in [0.25, 0.3) is 0 Å². The van der Waals surface area contributed by atoms with Crippen molar-refractivity contribution < 1.29 is 9.53 Å². The van der Waals surface area contributed by atoms with Gasteiger partial charge >= 0.3 is 0 Å². The highest BCUT2D eigenvalue weighted by Gasteiger charge is 2.23. The van der Waals surface area contributed by atoms with Gasteiger partial charge in [0, 0.05) is 13.2 Å². The minimum absolute atomic E-state index is 0.0203. The summed E-state index contributed by atoms with van der Waals surface area (Å²) in [7, 11) is 0. The van der Waals surface area contributed by atoms with Gasteiger partial charge < -0.3 is 10.1 Å². The highest BCUT2D eigenvalue weighted by Crippen LogP contribution is 2.17. The van der Waals surface area contributed by atoms with E-state index >= 15 is 0 Å². The van der Waals surface area contributed by atoms with Gasteiger partial charge in [0.15, 0.2) is 0 Å². The molecule has 1 saturated heterocycles. The van der Waals surface area contributed by atoms with E-state index < -0.39 is 0 Å². The molecule has 1 aromatic rings. The average molecular weight is 247 g/mol. The van der Waals surface area contributed by atoms with Gasteiger partial charge in [-0.2, -0.15) is 0 Å². The summed E-state index contributed by atoms with van der Waals surface area (Å²) < 4.78 is 5.37. The van der Waals surface area contributed by atoms with Gasteiger partial charge in [-0.05, 0) is 50.3 Å². The molecule has 1 aliphatic rings. The summed E-state index contributed by atoms with van der Waals surface area (Å²) in [6, 6.07) is 4.31. The molecule has 3 nitrogen and oxygen atoms in total. The number of nitrogens with one attached hydrogen (secondary N) is 1. The first-order chi connectivity index (χ1) is 8.58. The van der Waals surface area contributed by atoms with Crippen LogP contribution in [0.5, 0.6) is 0 Å². The van der Waals surface area contributed by atoms with Gasteiger partial charge in [0.25, 0.3) is 0 Å². The Kier molecular flexibility index (Phi) is 4.02. The van der Waals surface area contributed by atoms with E-state index in [-0.39, 0.29) is 12.0 Å². The van der Waals surface area contributed by atoms with Crippen LogP contribution in [0.3, 0.4) is 0 Å². The third kappa shape index (κ3) is 2.91. The van der Waals surface area contributed by atoms with Crippen LogP contribution in [0.1, 0.15) is 35.1 Å². The summed E-state index contributed by atoms with van der Waals surface area (Å²) in [5.41, 5.74) is 4.95. The standard InChI is InChI=1S/C15H21NO2/c1-10-7-11(2)13(12(3)8-10)9-16-15(17)14-5-4-6-18-14/h7-8,14H,4-6,9H2,1-3H3,(H,16,17). The molecule has 0 radical (unpaired) electrons. The summed E-state index contributed by atoms with van der Waals surface area (Å²) in [5, 5.41) is 2.98. The van der Waals surface area contributed by atoms with Gasteiger partial charge in [-0.1, -0.05) is 17.7 Å². The van der Waals surface area contributed by atoms with Gasteiger partial charge in [0.05, 0.1) is 0 Å². The van der Waals surface area contributed by atoms with E-state index in [1.165, 1.54) is 22.3 Å². The molecule has 1 heterocycles. The van der Waals surface area contributed by atoms with Gasteiger partial charge in [-0.15, -0.1) is 0 Å². The summed E-state index contributed by atoms with van der Waals surface area (Å²) in [5.74, 6) is 0.0203. The molecule has 18 heavy (non-hydrogen) atoms. The van der Waals surface area contributed by atoms with Gasteiger partial charge in [-0.3, -0.25) is 4.79 Å². The molecule has 2 rings (SSSR count). The fraction of sp³-hybridized carbons (Fsp3) is 0.533. The minimum atomic E-state index is -0.240. The van der Waals surface area contributed by atoms with Crippen LogP contribution in [-0.4, -0.2) is 18.6 Å². The maximum atomic E-state index is 11.9. The number of carbonyl (C=O) groups is 1. The summed E-state index contributed by atoms with van der Waals surface area (Å²) in [6.45, 7) is 7.58. The number of benzene rings is 1. The van der Waals surface area contributed by atoms with Crippen LogP contribution in [0.15, 0.2) is 12.1 Å². The molecule has 1 amide bonds. The fourth-order valence-electron chi connectivity index (χ4n) is 2.56. The van der Waals surface area contributed by atoms with Crippen LogP contribution in [-0.2, 0) is 16.1 Å². The summed E-state index contributed by atoms with van der Waals surface area (Å²) >= 11 is 0. The van der Waals surface area contributed by atoms with Gasteiger partial charge in [-0.25, -0.2) is 0 Å². The third-order valence-electron chi connectivity index (χ3n) is 3.50. The summed E-state index contributed by atoms with van der Waals surface area (Å²) in [6.07, 6.45) is 1.59. The maximum absolute atomic E-state index is 11.9. The number of amides is 1. The van der Waals surface area contributed by atoms with E-state index in [0.29, 0.717) is 13.2 Å². The number of carbonyl (C=O) groups excluding carboxylic acids is 1. The number of aryl methyl sites for hydroxylation is 3. The molecule has 1 fully saturated rings. The molecule has 0 saturated carbocycles. The van der Waals surface area contributed by atoms with E-state index in [2.05, 4.69) is 38.2 Å². The molecular weight excluding hydrogens is 226 g/mol. The van der Waals surface area contributed by atoms with Crippen molar-refractivity contribution in [2.24, 2.45) is 0 Å². The Hall–Kier alpha value is -1.35. The quantitative estimate of drug-likeness (QED) is 0.890. The molecule has 1 N–H and O–H groups in total. The number of ether oxygens (including phenoxy) is 1. The second kappa shape index (κ2) is 5.53. The van der Waals surface area contributed by atoms with Crippen LogP contribution < -0.4 is 5.32 Å². The second-order valence-electron chi connectivity index (χ2n) is 5.10. The lowest BCUT2D eigenvalue weighted by atomic mass is 10.00. The van der Waals surface area contributed by atoms with Gasteiger partial charge in [0.2, 0.25) is 5.91 Å². The van der Waals surface area contributed by atoms with Crippen LogP contribution in [0.4, 0.5) is 0 Å². The Labute approximate surface area is 109 Å². The Morgan fingerprint density at radius 3 is 2.56 bits per heavy atom. The predicted molar refractivity (Wildman–Crippen MR) is 71.5 cm³/mol. The Morgan fingerprint density at radius 2 is 2.00 bits per heavy atom. The van der Waals surface area contributed by atoms with Crippen LogP contribution >= 0.6 is 0 Å². The lowest BCUT2D eigenvalue weighted by Crippen LogP contribution is -2.34. The monoisotopic (exact) mass is 247 g/mol. The normalized spacial score (nSPS) is 18.9. The van der Waals surface area contributed by atoms with Crippen molar-refractivity contribution in [1.82, 2.24) is 5.32 Å². The van der Waals surface area contributed by atoms with Crippen molar-refractivity contribution in [3.63, 3.8) is 0 Å². The molecule has 0 aliphatic carbocycles. The van der Waals surface area contributed by atoms with Crippen molar-refractivity contribution in [3.05, 3.63) is 34.4 Å². The molecule has 1 aliphatic heterocycles. The molecule has 1 atom stereocenters. The predicted octanol–water partition coefficient (Wildman–Crippen LogP) is 2.41. The number of hydrogen-bond donors (Lipinski definition) is 1. The highest BCUT2D eigenvalue weighted by atomic mass is 16.5. The SMILES string of the molecule is Cc1cc(C)c(CNC(=O)C2CCCO2)c(C)c1. The second-order valence-corrected chi connectivity index (χ2v) is 5.10. The summed E-state index contributed by atoms with van der Waals surface area (Å²) in [4.78, 5) is 11.9. The van der Waals surface area contributed by atoms with E-state index in [1.54, 1.807) is 0 Å². The first-order valence-corrected chi connectivity index (χ1v) is 6.54. The molecule has 0 bridgehead atoms. The van der Waals surface area contributed by atoms with Crippen molar-refractivity contribution in [1.29, 1.82) is 0 Å². The zero-order valence-corrected chi connectivity index (χ0v) is 11.4. The fourth-order valence-corrected chi connectivity index (χ4v) is 2.56. The highest BCUT2D eigenvalue weighted by molar-refractivity contribution is 5.81. The largest absolute Gasteiger partial charge is 0.368 e. The lowest BCUT2D eigenvalue weighted by Gasteiger charge is -2.14. The van der Waals surface area contributed by atoms with Crippen LogP contribution in [0.2, 0.25) is 0 Å². The van der Waals surface area contributed by atoms with Crippen molar-refractivity contribution in [3.8, 4) is 0 Å². The van der Waals surface area contributed by atoms with E-state index in [0.717, 1.165) is 12.8 Å². The Bertz CT molecular complexity index is 425. The third-order valence-corrected chi connectivity index (χ3v) is 3.50. The topological polar surface area (TPSA) is 38.3 Å². The van der Waals surface area contributed by atoms with Crippen molar-refractivity contribution >= 4 is 5.91 Å². The molecule has 0 spiro atoms. The smallest absolute Gasteiger partial charge is 0.249 e.